The second-order valence-corrected chi connectivity index (χ2v) is 6.24. The number of aliphatic carboxylic acids is 1. The highest BCUT2D eigenvalue weighted by atomic mass is 16.5. The fourth-order valence-corrected chi connectivity index (χ4v) is 3.05. The van der Waals surface area contributed by atoms with Crippen molar-refractivity contribution in [2.24, 2.45) is 0 Å². The molecular formula is C18H22N3O4-. The predicted octanol–water partition coefficient (Wildman–Crippen LogP) is -0.658. The van der Waals surface area contributed by atoms with Crippen molar-refractivity contribution in [2.75, 3.05) is 45.9 Å². The van der Waals surface area contributed by atoms with E-state index in [0.717, 1.165) is 24.0 Å². The summed E-state index contributed by atoms with van der Waals surface area (Å²) < 4.78 is 5.78. The monoisotopic (exact) mass is 344 g/mol. The van der Waals surface area contributed by atoms with Crippen LogP contribution in [0.3, 0.4) is 0 Å². The van der Waals surface area contributed by atoms with E-state index in [1.165, 1.54) is 0 Å². The standard InChI is InChI=1S/C18H23N3O4/c22-14(11-20-7-9-21(10-8-20)12-18(23)24)13-25-17-5-1-4-16-15(17)3-2-6-19-16/h1-6,14,22H,7-13H2,(H,23,24)/p-1/t14-/m1/s1. The normalized spacial score (nSPS) is 17.5. The fourth-order valence-electron chi connectivity index (χ4n) is 3.05. The molecule has 1 aromatic heterocycles. The Morgan fingerprint density at radius 2 is 1.96 bits per heavy atom. The van der Waals surface area contributed by atoms with Crippen molar-refractivity contribution < 1.29 is 19.7 Å². The van der Waals surface area contributed by atoms with E-state index in [1.807, 2.05) is 35.2 Å². The molecule has 1 aromatic carbocycles. The molecular weight excluding hydrogens is 322 g/mol. The highest BCUT2D eigenvalue weighted by molar-refractivity contribution is 5.84. The van der Waals surface area contributed by atoms with Gasteiger partial charge in [-0.05, 0) is 24.3 Å². The maximum absolute atomic E-state index is 10.6. The number of aliphatic hydroxyl groups is 1. The van der Waals surface area contributed by atoms with Crippen LogP contribution in [0.4, 0.5) is 0 Å². The summed E-state index contributed by atoms with van der Waals surface area (Å²) in [5.74, 6) is -0.338. The third kappa shape index (κ3) is 4.88. The summed E-state index contributed by atoms with van der Waals surface area (Å²) >= 11 is 0. The van der Waals surface area contributed by atoms with E-state index in [-0.39, 0.29) is 13.2 Å². The van der Waals surface area contributed by atoms with Crippen LogP contribution in [0.2, 0.25) is 0 Å². The third-order valence-electron chi connectivity index (χ3n) is 4.32. The Morgan fingerprint density at radius 1 is 1.20 bits per heavy atom. The molecule has 25 heavy (non-hydrogen) atoms. The van der Waals surface area contributed by atoms with E-state index in [1.54, 1.807) is 6.20 Å². The Balaban J connectivity index is 1.47. The first-order valence-corrected chi connectivity index (χ1v) is 8.41. The summed E-state index contributed by atoms with van der Waals surface area (Å²) in [5, 5.41) is 21.8. The molecule has 0 amide bonds. The predicted molar refractivity (Wildman–Crippen MR) is 91.1 cm³/mol. The van der Waals surface area contributed by atoms with Crippen LogP contribution >= 0.6 is 0 Å². The Bertz CT molecular complexity index is 711. The van der Waals surface area contributed by atoms with Gasteiger partial charge in [0.15, 0.2) is 0 Å². The van der Waals surface area contributed by atoms with Crippen LogP contribution < -0.4 is 9.84 Å². The lowest BCUT2D eigenvalue weighted by Crippen LogP contribution is -2.51. The van der Waals surface area contributed by atoms with Crippen molar-refractivity contribution >= 4 is 16.9 Å². The molecule has 2 heterocycles. The number of carboxylic acid groups (broad SMARTS) is 1. The van der Waals surface area contributed by atoms with Crippen molar-refractivity contribution in [1.29, 1.82) is 0 Å². The van der Waals surface area contributed by atoms with E-state index < -0.39 is 12.1 Å². The molecule has 1 N–H and O–H groups in total. The average molecular weight is 344 g/mol. The third-order valence-corrected chi connectivity index (χ3v) is 4.32. The smallest absolute Gasteiger partial charge is 0.128 e. The molecule has 3 rings (SSSR count). The van der Waals surface area contributed by atoms with Gasteiger partial charge in [-0.25, -0.2) is 0 Å². The molecule has 0 saturated carbocycles. The van der Waals surface area contributed by atoms with Crippen LogP contribution in [-0.4, -0.2) is 77.8 Å². The Labute approximate surface area is 146 Å². The van der Waals surface area contributed by atoms with Gasteiger partial charge in [0.1, 0.15) is 18.5 Å². The number of carbonyl (C=O) groups excluding carboxylic acids is 1. The van der Waals surface area contributed by atoms with Crippen molar-refractivity contribution in [3.8, 4) is 5.75 Å². The lowest BCUT2D eigenvalue weighted by molar-refractivity contribution is -0.306. The minimum Gasteiger partial charge on any atom is -0.549 e. The number of fused-ring (bicyclic) bond motifs is 1. The van der Waals surface area contributed by atoms with Gasteiger partial charge in [-0.2, -0.15) is 0 Å². The molecule has 1 atom stereocenters. The van der Waals surface area contributed by atoms with Crippen molar-refractivity contribution in [3.05, 3.63) is 36.5 Å². The molecule has 1 fully saturated rings. The topological polar surface area (TPSA) is 89.0 Å². The van der Waals surface area contributed by atoms with Gasteiger partial charge in [0.2, 0.25) is 0 Å². The maximum atomic E-state index is 10.6. The fraction of sp³-hybridized carbons (Fsp3) is 0.444. The Hall–Kier alpha value is -2.22. The number of pyridine rings is 1. The zero-order valence-electron chi connectivity index (χ0n) is 14.0. The van der Waals surface area contributed by atoms with Gasteiger partial charge in [0.25, 0.3) is 0 Å². The highest BCUT2D eigenvalue weighted by Gasteiger charge is 2.19. The quantitative estimate of drug-likeness (QED) is 0.713. The minimum absolute atomic E-state index is 0.0331. The first-order chi connectivity index (χ1) is 12.1. The molecule has 1 saturated heterocycles. The van der Waals surface area contributed by atoms with Crippen molar-refractivity contribution in [2.45, 2.75) is 6.10 Å². The number of hydrogen-bond donors (Lipinski definition) is 1. The van der Waals surface area contributed by atoms with E-state index >= 15 is 0 Å². The molecule has 134 valence electrons. The number of hydrogen-bond acceptors (Lipinski definition) is 7. The number of aromatic nitrogens is 1. The van der Waals surface area contributed by atoms with Gasteiger partial charge in [0.05, 0.1) is 11.5 Å². The zero-order chi connectivity index (χ0) is 17.6. The minimum atomic E-state index is -1.05. The van der Waals surface area contributed by atoms with Gasteiger partial charge in [-0.3, -0.25) is 14.8 Å². The Morgan fingerprint density at radius 3 is 2.72 bits per heavy atom. The molecule has 7 nitrogen and oxygen atoms in total. The molecule has 7 heteroatoms. The molecule has 0 bridgehead atoms. The lowest BCUT2D eigenvalue weighted by atomic mass is 10.2. The SMILES string of the molecule is O=C([O-])CN1CCN(C[C@@H](O)COc2cccc3ncccc23)CC1. The van der Waals surface area contributed by atoms with Crippen molar-refractivity contribution in [1.82, 2.24) is 14.8 Å². The van der Waals surface area contributed by atoms with Crippen LogP contribution in [0.25, 0.3) is 10.9 Å². The number of nitrogens with zero attached hydrogens (tertiary/aromatic N) is 3. The number of carboxylic acids is 1. The molecule has 1 aliphatic heterocycles. The van der Waals surface area contributed by atoms with Crippen LogP contribution in [0.1, 0.15) is 0 Å². The van der Waals surface area contributed by atoms with Gasteiger partial charge >= 0.3 is 0 Å². The maximum Gasteiger partial charge on any atom is 0.128 e. The van der Waals surface area contributed by atoms with Crippen molar-refractivity contribution in [3.63, 3.8) is 0 Å². The molecule has 0 spiro atoms. The number of carbonyl (C=O) groups is 1. The molecule has 1 aliphatic rings. The largest absolute Gasteiger partial charge is 0.549 e. The second kappa shape index (κ2) is 8.24. The number of rotatable bonds is 7. The summed E-state index contributed by atoms with van der Waals surface area (Å²) in [5.41, 5.74) is 0.860. The summed E-state index contributed by atoms with van der Waals surface area (Å²) in [4.78, 5) is 18.9. The Kier molecular flexibility index (Phi) is 5.80. The van der Waals surface area contributed by atoms with Crippen LogP contribution in [0.5, 0.6) is 5.75 Å². The number of benzene rings is 1. The van der Waals surface area contributed by atoms with Crippen LogP contribution in [-0.2, 0) is 4.79 Å². The lowest BCUT2D eigenvalue weighted by Gasteiger charge is -2.35. The van der Waals surface area contributed by atoms with Crippen LogP contribution in [0, 0.1) is 0 Å². The average Bonchev–Trinajstić information content (AvgIpc) is 2.61. The summed E-state index contributed by atoms with van der Waals surface area (Å²) in [6.45, 7) is 3.45. The molecule has 0 unspecified atom stereocenters. The van der Waals surface area contributed by atoms with Gasteiger partial charge in [-0.1, -0.05) is 6.07 Å². The first-order valence-electron chi connectivity index (χ1n) is 8.41. The summed E-state index contributed by atoms with van der Waals surface area (Å²) in [6.07, 6.45) is 1.13. The van der Waals surface area contributed by atoms with E-state index in [0.29, 0.717) is 25.4 Å². The highest BCUT2D eigenvalue weighted by Crippen LogP contribution is 2.23. The summed E-state index contributed by atoms with van der Waals surface area (Å²) in [7, 11) is 0. The van der Waals surface area contributed by atoms with Gasteiger partial charge < -0.3 is 19.7 Å². The molecule has 0 aliphatic carbocycles. The van der Waals surface area contributed by atoms with Crippen LogP contribution in [0.15, 0.2) is 36.5 Å². The second-order valence-electron chi connectivity index (χ2n) is 6.24. The number of aliphatic hydroxyl groups excluding tert-OH is 1. The summed E-state index contributed by atoms with van der Waals surface area (Å²) in [6, 6.07) is 9.48. The number of piperazine rings is 1. The number of β-amino-alcohol motifs (C(OH)–C–C–N with tert-alkyl or cyclic N) is 1. The molecule has 0 radical (unpaired) electrons. The zero-order valence-corrected chi connectivity index (χ0v) is 14.0. The van der Waals surface area contributed by atoms with E-state index in [9.17, 15) is 15.0 Å². The number of ether oxygens (including phenoxy) is 1. The van der Waals surface area contributed by atoms with E-state index in [2.05, 4.69) is 9.88 Å². The first kappa shape index (κ1) is 17.6. The van der Waals surface area contributed by atoms with Gasteiger partial charge in [-0.15, -0.1) is 0 Å². The van der Waals surface area contributed by atoms with E-state index in [4.69, 9.17) is 4.74 Å². The molecule has 2 aromatic rings. The van der Waals surface area contributed by atoms with Gasteiger partial charge in [0, 0.05) is 50.9 Å².